The van der Waals surface area contributed by atoms with Gasteiger partial charge in [0.15, 0.2) is 0 Å². The molecule has 5 heteroatoms. The second kappa shape index (κ2) is 7.34. The van der Waals surface area contributed by atoms with Gasteiger partial charge in [-0.05, 0) is 57.9 Å². The number of sulfone groups is 1. The van der Waals surface area contributed by atoms with Gasteiger partial charge in [0.25, 0.3) is 0 Å². The molecule has 0 saturated carbocycles. The Morgan fingerprint density at radius 3 is 2.47 bits per heavy atom. The number of hydrogen-bond acceptors (Lipinski definition) is 4. The fraction of sp³-hybridized carbons (Fsp3) is 1.00. The summed E-state index contributed by atoms with van der Waals surface area (Å²) in [4.78, 5) is 2.49. The van der Waals surface area contributed by atoms with Gasteiger partial charge in [-0.1, -0.05) is 6.92 Å². The second-order valence-corrected chi connectivity index (χ2v) is 7.32. The zero-order chi connectivity index (χ0) is 12.7. The van der Waals surface area contributed by atoms with Crippen molar-refractivity contribution in [1.29, 1.82) is 0 Å². The highest BCUT2D eigenvalue weighted by molar-refractivity contribution is 7.90. The number of rotatable bonds is 7. The smallest absolute Gasteiger partial charge is 0.147 e. The first-order chi connectivity index (χ1) is 8.01. The Labute approximate surface area is 106 Å². The van der Waals surface area contributed by atoms with Gasteiger partial charge in [-0.15, -0.1) is 0 Å². The van der Waals surface area contributed by atoms with Crippen LogP contribution in [0.2, 0.25) is 0 Å². The van der Waals surface area contributed by atoms with Crippen LogP contribution in [0.15, 0.2) is 0 Å². The van der Waals surface area contributed by atoms with Crippen LogP contribution in [0.4, 0.5) is 0 Å². The lowest BCUT2D eigenvalue weighted by molar-refractivity contribution is 0.190. The number of likely N-dealkylation sites (tertiary alicyclic amines) is 1. The Bertz CT molecular complexity index is 296. The molecule has 0 amide bonds. The molecule has 1 aliphatic heterocycles. The first-order valence-corrected chi connectivity index (χ1v) is 8.68. The van der Waals surface area contributed by atoms with Crippen molar-refractivity contribution in [3.05, 3.63) is 0 Å². The summed E-state index contributed by atoms with van der Waals surface area (Å²) in [6.07, 6.45) is 4.57. The molecule has 102 valence electrons. The maximum atomic E-state index is 10.9. The predicted molar refractivity (Wildman–Crippen MR) is 72.0 cm³/mol. The molecular formula is C12H26N2O2S. The van der Waals surface area contributed by atoms with E-state index in [0.717, 1.165) is 32.0 Å². The largest absolute Gasteiger partial charge is 0.316 e. The Balaban J connectivity index is 2.01. The van der Waals surface area contributed by atoms with E-state index in [4.69, 9.17) is 0 Å². The Kier molecular flexibility index (Phi) is 6.44. The fourth-order valence-electron chi connectivity index (χ4n) is 2.27. The lowest BCUT2D eigenvalue weighted by Crippen LogP contribution is -2.37. The van der Waals surface area contributed by atoms with Crippen molar-refractivity contribution in [2.24, 2.45) is 5.92 Å². The van der Waals surface area contributed by atoms with Gasteiger partial charge in [0.05, 0.1) is 5.75 Å². The van der Waals surface area contributed by atoms with Crippen LogP contribution >= 0.6 is 0 Å². The molecule has 0 spiro atoms. The van der Waals surface area contributed by atoms with Crippen LogP contribution in [0, 0.1) is 5.92 Å². The van der Waals surface area contributed by atoms with E-state index in [9.17, 15) is 8.42 Å². The van der Waals surface area contributed by atoms with E-state index in [2.05, 4.69) is 17.1 Å². The van der Waals surface area contributed by atoms with Gasteiger partial charge in [-0.2, -0.15) is 0 Å². The van der Waals surface area contributed by atoms with E-state index in [0.29, 0.717) is 5.75 Å². The van der Waals surface area contributed by atoms with Crippen LogP contribution in [0.3, 0.4) is 0 Å². The molecule has 1 fully saturated rings. The lowest BCUT2D eigenvalue weighted by Gasteiger charge is -2.31. The molecule has 0 aromatic heterocycles. The molecule has 1 heterocycles. The number of nitrogens with zero attached hydrogens (tertiary/aromatic N) is 1. The Hall–Kier alpha value is -0.130. The van der Waals surface area contributed by atoms with E-state index in [-0.39, 0.29) is 0 Å². The molecule has 1 N–H and O–H groups in total. The normalized spacial score (nSPS) is 19.6. The molecule has 0 aromatic carbocycles. The zero-order valence-electron chi connectivity index (χ0n) is 11.1. The van der Waals surface area contributed by atoms with Crippen molar-refractivity contribution < 1.29 is 8.42 Å². The predicted octanol–water partition coefficient (Wildman–Crippen LogP) is 0.743. The zero-order valence-corrected chi connectivity index (χ0v) is 11.9. The second-order valence-electron chi connectivity index (χ2n) is 5.07. The highest BCUT2D eigenvalue weighted by Crippen LogP contribution is 2.15. The topological polar surface area (TPSA) is 49.4 Å². The standard InChI is InChI=1S/C12H26N2O2S/c1-3-14-8-5-12(6-9-14)11-13-7-4-10-17(2,15)16/h12-13H,3-11H2,1-2H3. The highest BCUT2D eigenvalue weighted by atomic mass is 32.2. The van der Waals surface area contributed by atoms with Gasteiger partial charge < -0.3 is 10.2 Å². The van der Waals surface area contributed by atoms with Gasteiger partial charge in [-0.3, -0.25) is 0 Å². The molecule has 0 aliphatic carbocycles. The third-order valence-corrected chi connectivity index (χ3v) is 4.49. The molecule has 0 aromatic rings. The molecule has 17 heavy (non-hydrogen) atoms. The molecule has 4 nitrogen and oxygen atoms in total. The van der Waals surface area contributed by atoms with Crippen molar-refractivity contribution in [3.8, 4) is 0 Å². The van der Waals surface area contributed by atoms with Crippen LogP contribution in [0.1, 0.15) is 26.2 Å². The molecule has 1 rings (SSSR count). The summed E-state index contributed by atoms with van der Waals surface area (Å²) in [5.74, 6) is 1.07. The van der Waals surface area contributed by atoms with Crippen LogP contribution in [-0.4, -0.2) is 58.1 Å². The number of nitrogens with one attached hydrogen (secondary N) is 1. The summed E-state index contributed by atoms with van der Waals surface area (Å²) in [6, 6.07) is 0. The first-order valence-electron chi connectivity index (χ1n) is 6.62. The van der Waals surface area contributed by atoms with Gasteiger partial charge in [-0.25, -0.2) is 8.42 Å². The molecule has 0 bridgehead atoms. The average molecular weight is 262 g/mol. The minimum absolute atomic E-state index is 0.300. The quantitative estimate of drug-likeness (QED) is 0.688. The van der Waals surface area contributed by atoms with Crippen LogP contribution in [-0.2, 0) is 9.84 Å². The van der Waals surface area contributed by atoms with E-state index in [1.165, 1.54) is 32.2 Å². The minimum Gasteiger partial charge on any atom is -0.316 e. The third kappa shape index (κ3) is 7.01. The molecule has 0 atom stereocenters. The lowest BCUT2D eigenvalue weighted by atomic mass is 9.97. The summed E-state index contributed by atoms with van der Waals surface area (Å²) in [7, 11) is -2.79. The first kappa shape index (κ1) is 14.9. The van der Waals surface area contributed by atoms with E-state index < -0.39 is 9.84 Å². The third-order valence-electron chi connectivity index (χ3n) is 3.46. The van der Waals surface area contributed by atoms with E-state index >= 15 is 0 Å². The van der Waals surface area contributed by atoms with Gasteiger partial charge in [0.1, 0.15) is 9.84 Å². The Morgan fingerprint density at radius 1 is 1.29 bits per heavy atom. The summed E-state index contributed by atoms with van der Waals surface area (Å²) >= 11 is 0. The number of hydrogen-bond donors (Lipinski definition) is 1. The summed E-state index contributed by atoms with van der Waals surface area (Å²) in [5, 5.41) is 3.38. The van der Waals surface area contributed by atoms with Crippen LogP contribution in [0.25, 0.3) is 0 Å². The summed E-state index contributed by atoms with van der Waals surface area (Å²) < 4.78 is 21.9. The summed E-state index contributed by atoms with van der Waals surface area (Å²) in [5.41, 5.74) is 0. The maximum Gasteiger partial charge on any atom is 0.147 e. The van der Waals surface area contributed by atoms with E-state index in [1.54, 1.807) is 0 Å². The molecule has 0 unspecified atom stereocenters. The number of piperidine rings is 1. The maximum absolute atomic E-state index is 10.9. The SMILES string of the molecule is CCN1CCC(CNCCCS(C)(=O)=O)CC1. The Morgan fingerprint density at radius 2 is 1.94 bits per heavy atom. The van der Waals surface area contributed by atoms with Crippen LogP contribution in [0.5, 0.6) is 0 Å². The molecule has 1 aliphatic rings. The van der Waals surface area contributed by atoms with Crippen molar-refractivity contribution >= 4 is 9.84 Å². The van der Waals surface area contributed by atoms with Crippen molar-refractivity contribution in [1.82, 2.24) is 10.2 Å². The monoisotopic (exact) mass is 262 g/mol. The fourth-order valence-corrected chi connectivity index (χ4v) is 2.94. The molecule has 0 radical (unpaired) electrons. The molecular weight excluding hydrogens is 236 g/mol. The van der Waals surface area contributed by atoms with E-state index in [1.807, 2.05) is 0 Å². The average Bonchev–Trinajstić information content (AvgIpc) is 2.28. The van der Waals surface area contributed by atoms with Crippen LogP contribution < -0.4 is 5.32 Å². The highest BCUT2D eigenvalue weighted by Gasteiger charge is 2.17. The minimum atomic E-state index is -2.79. The molecule has 1 saturated heterocycles. The van der Waals surface area contributed by atoms with Crippen molar-refractivity contribution in [2.75, 3.05) is 44.7 Å². The van der Waals surface area contributed by atoms with Gasteiger partial charge in [0.2, 0.25) is 0 Å². The van der Waals surface area contributed by atoms with Gasteiger partial charge in [0, 0.05) is 6.26 Å². The van der Waals surface area contributed by atoms with Crippen molar-refractivity contribution in [3.63, 3.8) is 0 Å². The van der Waals surface area contributed by atoms with Gasteiger partial charge >= 0.3 is 0 Å². The van der Waals surface area contributed by atoms with Crippen molar-refractivity contribution in [2.45, 2.75) is 26.2 Å². The summed E-state index contributed by atoms with van der Waals surface area (Å²) in [6.45, 7) is 7.67.